The lowest BCUT2D eigenvalue weighted by molar-refractivity contribution is 0.102. The van der Waals surface area contributed by atoms with Crippen LogP contribution in [0.2, 0.25) is 10.0 Å². The number of halogens is 3. The fraction of sp³-hybridized carbons (Fsp3) is 0. The zero-order valence-electron chi connectivity index (χ0n) is 9.08. The fourth-order valence-electron chi connectivity index (χ4n) is 1.37. The summed E-state index contributed by atoms with van der Waals surface area (Å²) in [4.78, 5) is 11.9. The maximum absolute atomic E-state index is 12.7. The first kappa shape index (κ1) is 12.9. The van der Waals surface area contributed by atoms with Crippen molar-refractivity contribution in [2.45, 2.75) is 0 Å². The number of hydrogen-bond acceptors (Lipinski definition) is 1. The third-order valence-corrected chi connectivity index (χ3v) is 3.02. The minimum absolute atomic E-state index is 0.309. The summed E-state index contributed by atoms with van der Waals surface area (Å²) >= 11 is 11.6. The van der Waals surface area contributed by atoms with E-state index in [0.717, 1.165) is 0 Å². The molecular weight excluding hydrogens is 276 g/mol. The highest BCUT2D eigenvalue weighted by atomic mass is 35.5. The van der Waals surface area contributed by atoms with Crippen LogP contribution in [0.25, 0.3) is 0 Å². The maximum atomic E-state index is 12.7. The average molecular weight is 284 g/mol. The molecule has 0 heterocycles. The van der Waals surface area contributed by atoms with Gasteiger partial charge >= 0.3 is 0 Å². The number of carbonyl (C=O) groups is 1. The summed E-state index contributed by atoms with van der Waals surface area (Å²) in [5.74, 6) is -0.692. The highest BCUT2D eigenvalue weighted by Crippen LogP contribution is 2.23. The molecule has 0 spiro atoms. The molecule has 2 aromatic carbocycles. The van der Waals surface area contributed by atoms with Crippen LogP contribution in [-0.2, 0) is 0 Å². The molecule has 0 unspecified atom stereocenters. The van der Waals surface area contributed by atoms with Gasteiger partial charge in [-0.3, -0.25) is 4.79 Å². The SMILES string of the molecule is O=C(Nc1ccc(F)cc1)c1ccc(Cl)c(Cl)c1. The van der Waals surface area contributed by atoms with Crippen LogP contribution in [0.4, 0.5) is 10.1 Å². The Hall–Kier alpha value is -1.58. The van der Waals surface area contributed by atoms with Gasteiger partial charge in [-0.25, -0.2) is 4.39 Å². The molecule has 2 aromatic rings. The topological polar surface area (TPSA) is 29.1 Å². The first-order valence-corrected chi connectivity index (χ1v) is 5.84. The number of hydrogen-bond donors (Lipinski definition) is 1. The van der Waals surface area contributed by atoms with Crippen LogP contribution in [0, 0.1) is 5.82 Å². The lowest BCUT2D eigenvalue weighted by Crippen LogP contribution is -2.11. The molecule has 0 atom stereocenters. The van der Waals surface area contributed by atoms with Gasteiger partial charge in [-0.2, -0.15) is 0 Å². The van der Waals surface area contributed by atoms with Gasteiger partial charge in [0.15, 0.2) is 0 Å². The third-order valence-electron chi connectivity index (χ3n) is 2.28. The number of benzene rings is 2. The standard InChI is InChI=1S/C13H8Cl2FNO/c14-11-6-1-8(7-12(11)15)13(18)17-10-4-2-9(16)3-5-10/h1-7H,(H,17,18). The van der Waals surface area contributed by atoms with E-state index in [-0.39, 0.29) is 11.7 Å². The van der Waals surface area contributed by atoms with Gasteiger partial charge < -0.3 is 5.32 Å². The normalized spacial score (nSPS) is 10.2. The van der Waals surface area contributed by atoms with Gasteiger partial charge in [0.25, 0.3) is 5.91 Å². The molecule has 0 aromatic heterocycles. The van der Waals surface area contributed by atoms with E-state index in [4.69, 9.17) is 23.2 Å². The minimum atomic E-state index is -0.359. The van der Waals surface area contributed by atoms with Gasteiger partial charge in [0.1, 0.15) is 5.82 Å². The summed E-state index contributed by atoms with van der Waals surface area (Å²) in [6.45, 7) is 0. The van der Waals surface area contributed by atoms with Crippen molar-refractivity contribution in [3.05, 3.63) is 63.9 Å². The Balaban J connectivity index is 2.16. The molecule has 0 saturated carbocycles. The number of carbonyl (C=O) groups excluding carboxylic acids is 1. The summed E-state index contributed by atoms with van der Waals surface area (Å²) < 4.78 is 12.7. The molecule has 0 saturated heterocycles. The molecule has 1 amide bonds. The quantitative estimate of drug-likeness (QED) is 0.870. The predicted octanol–water partition coefficient (Wildman–Crippen LogP) is 4.38. The molecule has 0 radical (unpaired) electrons. The van der Waals surface area contributed by atoms with Crippen molar-refractivity contribution in [3.8, 4) is 0 Å². The lowest BCUT2D eigenvalue weighted by Gasteiger charge is -2.06. The Kier molecular flexibility index (Phi) is 3.84. The van der Waals surface area contributed by atoms with Gasteiger partial charge in [0.2, 0.25) is 0 Å². The molecule has 92 valence electrons. The van der Waals surface area contributed by atoms with Crippen LogP contribution in [0.3, 0.4) is 0 Å². The van der Waals surface area contributed by atoms with Crippen LogP contribution in [-0.4, -0.2) is 5.91 Å². The van der Waals surface area contributed by atoms with Gasteiger partial charge in [-0.15, -0.1) is 0 Å². The Bertz CT molecular complexity index is 584. The molecule has 0 bridgehead atoms. The number of nitrogens with one attached hydrogen (secondary N) is 1. The summed E-state index contributed by atoms with van der Waals surface area (Å²) in [6.07, 6.45) is 0. The fourth-order valence-corrected chi connectivity index (χ4v) is 1.67. The Morgan fingerprint density at radius 2 is 1.67 bits per heavy atom. The highest BCUT2D eigenvalue weighted by molar-refractivity contribution is 6.42. The number of rotatable bonds is 2. The lowest BCUT2D eigenvalue weighted by atomic mass is 10.2. The molecule has 18 heavy (non-hydrogen) atoms. The second-order valence-electron chi connectivity index (χ2n) is 3.59. The van der Waals surface area contributed by atoms with Crippen molar-refractivity contribution < 1.29 is 9.18 Å². The summed E-state index contributed by atoms with van der Waals surface area (Å²) in [6, 6.07) is 10.1. The van der Waals surface area contributed by atoms with Gasteiger partial charge in [0, 0.05) is 11.3 Å². The van der Waals surface area contributed by atoms with E-state index in [1.807, 2.05) is 0 Å². The summed E-state index contributed by atoms with van der Waals surface area (Å²) in [5.41, 5.74) is 0.890. The van der Waals surface area contributed by atoms with Crippen LogP contribution in [0.1, 0.15) is 10.4 Å². The summed E-state index contributed by atoms with van der Waals surface area (Å²) in [7, 11) is 0. The molecule has 0 aliphatic heterocycles. The van der Waals surface area contributed by atoms with Gasteiger partial charge in [0.05, 0.1) is 10.0 Å². The molecular formula is C13H8Cl2FNO. The van der Waals surface area contributed by atoms with E-state index in [1.54, 1.807) is 12.1 Å². The van der Waals surface area contributed by atoms with Crippen LogP contribution >= 0.6 is 23.2 Å². The monoisotopic (exact) mass is 283 g/mol. The van der Waals surface area contributed by atoms with Crippen LogP contribution < -0.4 is 5.32 Å². The van der Waals surface area contributed by atoms with E-state index < -0.39 is 0 Å². The molecule has 2 nitrogen and oxygen atoms in total. The van der Waals surface area contributed by atoms with Crippen LogP contribution in [0.15, 0.2) is 42.5 Å². The van der Waals surface area contributed by atoms with Crippen molar-refractivity contribution >= 4 is 34.8 Å². The number of amides is 1. The van der Waals surface area contributed by atoms with Gasteiger partial charge in [-0.05, 0) is 42.5 Å². The third kappa shape index (κ3) is 3.00. The first-order valence-electron chi connectivity index (χ1n) is 5.08. The average Bonchev–Trinajstić information content (AvgIpc) is 2.35. The smallest absolute Gasteiger partial charge is 0.255 e. The second-order valence-corrected chi connectivity index (χ2v) is 4.40. The van der Waals surface area contributed by atoms with Crippen molar-refractivity contribution in [1.29, 1.82) is 0 Å². The van der Waals surface area contributed by atoms with Crippen molar-refractivity contribution in [2.75, 3.05) is 5.32 Å². The highest BCUT2D eigenvalue weighted by Gasteiger charge is 2.08. The van der Waals surface area contributed by atoms with E-state index in [0.29, 0.717) is 21.3 Å². The van der Waals surface area contributed by atoms with Crippen molar-refractivity contribution in [1.82, 2.24) is 0 Å². The Morgan fingerprint density at radius 1 is 1.00 bits per heavy atom. The predicted molar refractivity (Wildman–Crippen MR) is 70.8 cm³/mol. The molecule has 2 rings (SSSR count). The second kappa shape index (κ2) is 5.38. The van der Waals surface area contributed by atoms with E-state index in [9.17, 15) is 9.18 Å². The largest absolute Gasteiger partial charge is 0.322 e. The zero-order valence-corrected chi connectivity index (χ0v) is 10.6. The number of anilines is 1. The zero-order chi connectivity index (χ0) is 13.1. The summed E-state index contributed by atoms with van der Waals surface area (Å²) in [5, 5.41) is 3.32. The minimum Gasteiger partial charge on any atom is -0.322 e. The Morgan fingerprint density at radius 3 is 2.28 bits per heavy atom. The van der Waals surface area contributed by atoms with Crippen LogP contribution in [0.5, 0.6) is 0 Å². The molecule has 0 aliphatic rings. The molecule has 5 heteroatoms. The Labute approximate surface area is 113 Å². The van der Waals surface area contributed by atoms with E-state index in [1.165, 1.54) is 30.3 Å². The van der Waals surface area contributed by atoms with Crippen molar-refractivity contribution in [2.24, 2.45) is 0 Å². The van der Waals surface area contributed by atoms with Gasteiger partial charge in [-0.1, -0.05) is 23.2 Å². The maximum Gasteiger partial charge on any atom is 0.255 e. The van der Waals surface area contributed by atoms with Crippen molar-refractivity contribution in [3.63, 3.8) is 0 Å². The van der Waals surface area contributed by atoms with E-state index in [2.05, 4.69) is 5.32 Å². The first-order chi connectivity index (χ1) is 8.56. The molecule has 0 aliphatic carbocycles. The molecule has 1 N–H and O–H groups in total. The molecule has 0 fully saturated rings. The van der Waals surface area contributed by atoms with E-state index >= 15 is 0 Å².